The van der Waals surface area contributed by atoms with Gasteiger partial charge in [0.2, 0.25) is 5.91 Å². The lowest BCUT2D eigenvalue weighted by Gasteiger charge is -2.21. The molecule has 128 valence electrons. The van der Waals surface area contributed by atoms with Crippen LogP contribution in [0.1, 0.15) is 31.4 Å². The first kappa shape index (κ1) is 17.9. The third-order valence-corrected chi connectivity index (χ3v) is 3.96. The molecular weight excluding hydrogens is 302 g/mol. The fourth-order valence-corrected chi connectivity index (χ4v) is 2.39. The highest BCUT2D eigenvalue weighted by Gasteiger charge is 2.25. The van der Waals surface area contributed by atoms with Crippen LogP contribution in [0.2, 0.25) is 0 Å². The van der Waals surface area contributed by atoms with Gasteiger partial charge in [-0.15, -0.1) is 0 Å². The van der Waals surface area contributed by atoms with E-state index in [0.717, 1.165) is 18.4 Å². The molecule has 2 N–H and O–H groups in total. The van der Waals surface area contributed by atoms with Crippen molar-refractivity contribution in [1.29, 1.82) is 0 Å². The normalized spacial score (nSPS) is 14.2. The maximum atomic E-state index is 12.0. The number of benzene rings is 1. The second-order valence-electron chi connectivity index (χ2n) is 6.37. The van der Waals surface area contributed by atoms with Gasteiger partial charge >= 0.3 is 0 Å². The highest BCUT2D eigenvalue weighted by atomic mass is 16.3. The number of aliphatic hydroxyl groups is 1. The molecule has 2 rings (SSSR count). The zero-order valence-corrected chi connectivity index (χ0v) is 14.5. The smallest absolute Gasteiger partial charge is 0.244 e. The minimum Gasteiger partial charge on any atom is -0.383 e. The fourth-order valence-electron chi connectivity index (χ4n) is 2.39. The predicted octanol–water partition coefficient (Wildman–Crippen LogP) is 2.32. The molecule has 5 heteroatoms. The first-order chi connectivity index (χ1) is 11.4. The summed E-state index contributed by atoms with van der Waals surface area (Å²) >= 11 is 0. The van der Waals surface area contributed by atoms with Crippen molar-refractivity contribution in [3.63, 3.8) is 0 Å². The van der Waals surface area contributed by atoms with Gasteiger partial charge in [0.15, 0.2) is 0 Å². The van der Waals surface area contributed by atoms with Crippen molar-refractivity contribution in [3.8, 4) is 0 Å². The standard InChI is InChI=1S/C19H25N3O2/c1-15(9-10-16-7-5-4-6-8-16)11-18(23)20-14-19(2,24)17-12-21-22(3)13-17/h4-8,11-13,24H,9-10,14H2,1-3H3,(H,20,23). The molecular formula is C19H25N3O2. The Hall–Kier alpha value is -2.40. The number of hydrogen-bond donors (Lipinski definition) is 2. The zero-order valence-electron chi connectivity index (χ0n) is 14.5. The van der Waals surface area contributed by atoms with Crippen LogP contribution in [0.4, 0.5) is 0 Å². The molecule has 0 radical (unpaired) electrons. The second-order valence-corrected chi connectivity index (χ2v) is 6.37. The molecule has 0 fully saturated rings. The minimum absolute atomic E-state index is 0.139. The van der Waals surface area contributed by atoms with Crippen LogP contribution < -0.4 is 5.32 Å². The van der Waals surface area contributed by atoms with Gasteiger partial charge in [-0.1, -0.05) is 35.9 Å². The van der Waals surface area contributed by atoms with Crippen LogP contribution in [0.25, 0.3) is 0 Å². The summed E-state index contributed by atoms with van der Waals surface area (Å²) in [5.74, 6) is -0.190. The number of rotatable bonds is 7. The third-order valence-electron chi connectivity index (χ3n) is 3.96. The van der Waals surface area contributed by atoms with Gasteiger partial charge in [0.25, 0.3) is 0 Å². The largest absolute Gasteiger partial charge is 0.383 e. The first-order valence-corrected chi connectivity index (χ1v) is 8.07. The minimum atomic E-state index is -1.14. The summed E-state index contributed by atoms with van der Waals surface area (Å²) < 4.78 is 1.62. The summed E-state index contributed by atoms with van der Waals surface area (Å²) in [6.07, 6.45) is 6.68. The topological polar surface area (TPSA) is 67.2 Å². The van der Waals surface area contributed by atoms with Gasteiger partial charge in [0, 0.05) is 24.9 Å². The lowest BCUT2D eigenvalue weighted by atomic mass is 9.99. The molecule has 1 unspecified atom stereocenters. The highest BCUT2D eigenvalue weighted by Crippen LogP contribution is 2.18. The molecule has 1 aromatic heterocycles. The number of hydrogen-bond acceptors (Lipinski definition) is 3. The van der Waals surface area contributed by atoms with Gasteiger partial charge in [-0.25, -0.2) is 0 Å². The molecule has 0 aliphatic rings. The van der Waals surface area contributed by atoms with E-state index in [-0.39, 0.29) is 12.5 Å². The van der Waals surface area contributed by atoms with Crippen molar-refractivity contribution in [3.05, 3.63) is 65.5 Å². The Morgan fingerprint density at radius 2 is 2.08 bits per heavy atom. The summed E-state index contributed by atoms with van der Waals surface area (Å²) in [6.45, 7) is 3.75. The van der Waals surface area contributed by atoms with Gasteiger partial charge in [-0.2, -0.15) is 5.10 Å². The maximum Gasteiger partial charge on any atom is 0.244 e. The molecule has 0 aliphatic heterocycles. The molecule has 0 saturated heterocycles. The molecule has 2 aromatic rings. The van der Waals surface area contributed by atoms with Crippen LogP contribution in [0, 0.1) is 0 Å². The summed E-state index contributed by atoms with van der Waals surface area (Å²) in [5.41, 5.74) is 1.80. The van der Waals surface area contributed by atoms with Gasteiger partial charge in [-0.3, -0.25) is 9.48 Å². The summed E-state index contributed by atoms with van der Waals surface area (Å²) in [4.78, 5) is 12.0. The van der Waals surface area contributed by atoms with Crippen LogP contribution >= 0.6 is 0 Å². The average Bonchev–Trinajstić information content (AvgIpc) is 3.00. The van der Waals surface area contributed by atoms with Crippen LogP contribution in [-0.2, 0) is 23.9 Å². The van der Waals surface area contributed by atoms with E-state index >= 15 is 0 Å². The highest BCUT2D eigenvalue weighted by molar-refractivity contribution is 5.88. The van der Waals surface area contributed by atoms with E-state index in [9.17, 15) is 9.90 Å². The number of nitrogens with one attached hydrogen (secondary N) is 1. The quantitative estimate of drug-likeness (QED) is 0.767. The van der Waals surface area contributed by atoms with Crippen LogP contribution in [0.5, 0.6) is 0 Å². The number of aromatic nitrogens is 2. The van der Waals surface area contributed by atoms with Gasteiger partial charge in [-0.05, 0) is 32.3 Å². The molecule has 0 bridgehead atoms. The van der Waals surface area contributed by atoms with Gasteiger partial charge in [0.1, 0.15) is 5.60 Å². The number of aryl methyl sites for hydroxylation is 2. The Bertz CT molecular complexity index is 702. The number of carbonyl (C=O) groups excluding carboxylic acids is 1. The van der Waals surface area contributed by atoms with Gasteiger partial charge in [0.05, 0.1) is 12.7 Å². The van der Waals surface area contributed by atoms with E-state index in [1.54, 1.807) is 37.1 Å². The van der Waals surface area contributed by atoms with Crippen LogP contribution in [-0.4, -0.2) is 27.3 Å². The monoisotopic (exact) mass is 327 g/mol. The van der Waals surface area contributed by atoms with Crippen molar-refractivity contribution in [2.24, 2.45) is 7.05 Å². The number of allylic oxidation sites excluding steroid dienone is 1. The first-order valence-electron chi connectivity index (χ1n) is 8.07. The molecule has 0 saturated carbocycles. The Kier molecular flexibility index (Phi) is 5.93. The third kappa shape index (κ3) is 5.35. The average molecular weight is 327 g/mol. The summed E-state index contributed by atoms with van der Waals surface area (Å²) in [5, 5.41) is 17.2. The van der Waals surface area contributed by atoms with Crippen LogP contribution in [0.3, 0.4) is 0 Å². The summed E-state index contributed by atoms with van der Waals surface area (Å²) in [6, 6.07) is 10.2. The summed E-state index contributed by atoms with van der Waals surface area (Å²) in [7, 11) is 1.79. The lowest BCUT2D eigenvalue weighted by Crippen LogP contribution is -2.37. The van der Waals surface area contributed by atoms with E-state index in [2.05, 4.69) is 22.5 Å². The Labute approximate surface area is 143 Å². The van der Waals surface area contributed by atoms with Crippen molar-refractivity contribution in [1.82, 2.24) is 15.1 Å². The van der Waals surface area contributed by atoms with Gasteiger partial charge < -0.3 is 10.4 Å². The molecule has 0 spiro atoms. The Morgan fingerprint density at radius 1 is 1.38 bits per heavy atom. The molecule has 5 nitrogen and oxygen atoms in total. The van der Waals surface area contributed by atoms with E-state index in [1.807, 2.05) is 25.1 Å². The van der Waals surface area contributed by atoms with E-state index in [1.165, 1.54) is 5.56 Å². The Balaban J connectivity index is 1.83. The number of nitrogens with zero attached hydrogens (tertiary/aromatic N) is 2. The van der Waals surface area contributed by atoms with Crippen molar-refractivity contribution in [2.75, 3.05) is 6.54 Å². The van der Waals surface area contributed by atoms with Crippen LogP contribution in [0.15, 0.2) is 54.4 Å². The Morgan fingerprint density at radius 3 is 2.71 bits per heavy atom. The molecule has 24 heavy (non-hydrogen) atoms. The van der Waals surface area contributed by atoms with Crippen molar-refractivity contribution in [2.45, 2.75) is 32.3 Å². The van der Waals surface area contributed by atoms with Crippen molar-refractivity contribution >= 4 is 5.91 Å². The molecule has 1 amide bonds. The molecule has 0 aliphatic carbocycles. The predicted molar refractivity (Wildman–Crippen MR) is 94.3 cm³/mol. The van der Waals surface area contributed by atoms with E-state index in [0.29, 0.717) is 5.56 Å². The molecule has 1 atom stereocenters. The number of carbonyl (C=O) groups is 1. The second kappa shape index (κ2) is 7.93. The molecule has 1 aromatic carbocycles. The maximum absolute atomic E-state index is 12.0. The SMILES string of the molecule is CC(=CC(=O)NCC(C)(O)c1cnn(C)c1)CCc1ccccc1. The molecule has 1 heterocycles. The number of amides is 1. The van der Waals surface area contributed by atoms with E-state index < -0.39 is 5.60 Å². The zero-order chi connectivity index (χ0) is 17.6. The van der Waals surface area contributed by atoms with E-state index in [4.69, 9.17) is 0 Å². The van der Waals surface area contributed by atoms with Crippen molar-refractivity contribution < 1.29 is 9.90 Å². The lowest BCUT2D eigenvalue weighted by molar-refractivity contribution is -0.117. The fraction of sp³-hybridized carbons (Fsp3) is 0.368.